The molecule has 5 nitrogen and oxygen atoms in total. The average Bonchev–Trinajstić information content (AvgIpc) is 2.28. The maximum Gasteiger partial charge on any atom is 0.221 e. The molecule has 0 radical (unpaired) electrons. The van der Waals surface area contributed by atoms with Crippen LogP contribution in [0.2, 0.25) is 0 Å². The van der Waals surface area contributed by atoms with Crippen molar-refractivity contribution in [1.29, 1.82) is 0 Å². The van der Waals surface area contributed by atoms with Crippen molar-refractivity contribution in [3.63, 3.8) is 0 Å². The van der Waals surface area contributed by atoms with Gasteiger partial charge in [-0.1, -0.05) is 13.8 Å². The minimum Gasteiger partial charge on any atom is -0.327 e. The van der Waals surface area contributed by atoms with Crippen molar-refractivity contribution in [3.8, 4) is 0 Å². The summed E-state index contributed by atoms with van der Waals surface area (Å²) in [7, 11) is -3.39. The van der Waals surface area contributed by atoms with Crippen LogP contribution in [0.4, 0.5) is 5.69 Å². The Kier molecular flexibility index (Phi) is 5.08. The van der Waals surface area contributed by atoms with Crippen LogP contribution in [0.3, 0.4) is 0 Å². The maximum absolute atomic E-state index is 12.1. The highest BCUT2D eigenvalue weighted by Gasteiger charge is 2.20. The number of carbonyl (C=O) groups excluding carboxylic acids is 1. The summed E-state index contributed by atoms with van der Waals surface area (Å²) in [4.78, 5) is 11.1. The van der Waals surface area contributed by atoms with Crippen molar-refractivity contribution in [2.24, 2.45) is 11.7 Å². The Balaban J connectivity index is 2.87. The van der Waals surface area contributed by atoms with Gasteiger partial charge in [0, 0.05) is 18.7 Å². The summed E-state index contributed by atoms with van der Waals surface area (Å²) in [6.45, 7) is 5.17. The number of amides is 1. The monoisotopic (exact) mass is 284 g/mol. The molecule has 0 aliphatic heterocycles. The molecule has 0 aliphatic carbocycles. The first-order chi connectivity index (χ1) is 8.72. The molecule has 1 aromatic rings. The zero-order chi connectivity index (χ0) is 14.6. The molecule has 0 spiro atoms. The molecule has 1 aromatic carbocycles. The molecule has 1 rings (SSSR count). The van der Waals surface area contributed by atoms with Gasteiger partial charge in [0.1, 0.15) is 0 Å². The summed E-state index contributed by atoms with van der Waals surface area (Å²) < 4.78 is 24.2. The third kappa shape index (κ3) is 4.65. The third-order valence-corrected chi connectivity index (χ3v) is 4.62. The topological polar surface area (TPSA) is 89.3 Å². The molecule has 0 aromatic heterocycles. The van der Waals surface area contributed by atoms with Crippen LogP contribution < -0.4 is 11.1 Å². The van der Waals surface area contributed by atoms with E-state index in [1.807, 2.05) is 13.8 Å². The second-order valence-corrected chi connectivity index (χ2v) is 6.93. The Morgan fingerprint density at radius 1 is 1.26 bits per heavy atom. The quantitative estimate of drug-likeness (QED) is 0.855. The molecule has 0 saturated carbocycles. The maximum atomic E-state index is 12.1. The first-order valence-electron chi connectivity index (χ1n) is 6.08. The summed E-state index contributed by atoms with van der Waals surface area (Å²) in [5.41, 5.74) is 6.37. The lowest BCUT2D eigenvalue weighted by molar-refractivity contribution is -0.114. The molecular weight excluding hydrogens is 264 g/mol. The zero-order valence-electron chi connectivity index (χ0n) is 11.4. The molecule has 0 bridgehead atoms. The largest absolute Gasteiger partial charge is 0.327 e. The number of benzene rings is 1. The van der Waals surface area contributed by atoms with E-state index >= 15 is 0 Å². The summed E-state index contributed by atoms with van der Waals surface area (Å²) in [6.07, 6.45) is 0. The van der Waals surface area contributed by atoms with Crippen molar-refractivity contribution in [2.75, 3.05) is 11.1 Å². The Labute approximate surface area is 114 Å². The Bertz CT molecular complexity index is 536. The number of nitrogens with one attached hydrogen (secondary N) is 1. The van der Waals surface area contributed by atoms with Gasteiger partial charge in [-0.25, -0.2) is 8.42 Å². The van der Waals surface area contributed by atoms with E-state index in [-0.39, 0.29) is 28.5 Å². The fourth-order valence-corrected chi connectivity index (χ4v) is 3.13. The molecule has 1 unspecified atom stereocenters. The molecule has 0 aliphatic rings. The predicted octanol–water partition coefficient (Wildman–Crippen LogP) is 1.40. The van der Waals surface area contributed by atoms with Crippen molar-refractivity contribution in [3.05, 3.63) is 24.3 Å². The molecule has 19 heavy (non-hydrogen) atoms. The number of nitrogens with two attached hydrogens (primary N) is 1. The highest BCUT2D eigenvalue weighted by Crippen LogP contribution is 2.17. The number of anilines is 1. The number of hydrogen-bond donors (Lipinski definition) is 2. The van der Waals surface area contributed by atoms with Crippen LogP contribution in [0.15, 0.2) is 29.2 Å². The molecule has 6 heteroatoms. The Hall–Kier alpha value is -1.40. The van der Waals surface area contributed by atoms with E-state index < -0.39 is 9.84 Å². The number of rotatable bonds is 5. The van der Waals surface area contributed by atoms with E-state index in [1.54, 1.807) is 12.1 Å². The molecule has 3 N–H and O–H groups in total. The summed E-state index contributed by atoms with van der Waals surface area (Å²) >= 11 is 0. The highest BCUT2D eigenvalue weighted by molar-refractivity contribution is 7.91. The first-order valence-corrected chi connectivity index (χ1v) is 7.73. The molecule has 106 valence electrons. The zero-order valence-corrected chi connectivity index (χ0v) is 12.2. The van der Waals surface area contributed by atoms with Crippen LogP contribution in [0.1, 0.15) is 20.8 Å². The molecule has 0 fully saturated rings. The second-order valence-electron chi connectivity index (χ2n) is 4.89. The van der Waals surface area contributed by atoms with Crippen LogP contribution in [-0.4, -0.2) is 26.1 Å². The SMILES string of the molecule is CC(=O)Nc1ccc(S(=O)(=O)CC(N)C(C)C)cc1. The van der Waals surface area contributed by atoms with Gasteiger partial charge in [0.05, 0.1) is 10.6 Å². The van der Waals surface area contributed by atoms with E-state index in [0.29, 0.717) is 5.69 Å². The van der Waals surface area contributed by atoms with Crippen molar-refractivity contribution in [1.82, 2.24) is 0 Å². The van der Waals surface area contributed by atoms with Gasteiger partial charge in [-0.05, 0) is 30.2 Å². The van der Waals surface area contributed by atoms with Crippen LogP contribution in [0.25, 0.3) is 0 Å². The van der Waals surface area contributed by atoms with Crippen molar-refractivity contribution < 1.29 is 13.2 Å². The lowest BCUT2D eigenvalue weighted by Crippen LogP contribution is -2.34. The standard InChI is InChI=1S/C13H20N2O3S/c1-9(2)13(14)8-19(17,18)12-6-4-11(5-7-12)15-10(3)16/h4-7,9,13H,8,14H2,1-3H3,(H,15,16). The predicted molar refractivity (Wildman–Crippen MR) is 75.6 cm³/mol. The number of carbonyl (C=O) groups is 1. The van der Waals surface area contributed by atoms with Gasteiger partial charge in [-0.3, -0.25) is 4.79 Å². The smallest absolute Gasteiger partial charge is 0.221 e. The fraction of sp³-hybridized carbons (Fsp3) is 0.462. The fourth-order valence-electron chi connectivity index (χ4n) is 1.49. The van der Waals surface area contributed by atoms with Crippen LogP contribution in [0.5, 0.6) is 0 Å². The number of hydrogen-bond acceptors (Lipinski definition) is 4. The van der Waals surface area contributed by atoms with E-state index in [1.165, 1.54) is 19.1 Å². The normalized spacial score (nSPS) is 13.3. The van der Waals surface area contributed by atoms with Gasteiger partial charge in [0.25, 0.3) is 0 Å². The summed E-state index contributed by atoms with van der Waals surface area (Å²) in [5.74, 6) is -0.171. The first kappa shape index (κ1) is 15.7. The van der Waals surface area contributed by atoms with Crippen LogP contribution >= 0.6 is 0 Å². The van der Waals surface area contributed by atoms with Gasteiger partial charge >= 0.3 is 0 Å². The molecule has 1 atom stereocenters. The summed E-state index contributed by atoms with van der Waals surface area (Å²) in [6, 6.07) is 5.70. The van der Waals surface area contributed by atoms with Gasteiger partial charge in [0.2, 0.25) is 5.91 Å². The molecule has 0 heterocycles. The van der Waals surface area contributed by atoms with Gasteiger partial charge in [-0.2, -0.15) is 0 Å². The van der Waals surface area contributed by atoms with E-state index in [4.69, 9.17) is 5.73 Å². The minimum absolute atomic E-state index is 0.0792. The summed E-state index contributed by atoms with van der Waals surface area (Å²) in [5, 5.41) is 2.58. The van der Waals surface area contributed by atoms with Gasteiger partial charge < -0.3 is 11.1 Å². The molecule has 0 saturated heterocycles. The Morgan fingerprint density at radius 2 is 1.79 bits per heavy atom. The van der Waals surface area contributed by atoms with Gasteiger partial charge in [-0.15, -0.1) is 0 Å². The Morgan fingerprint density at radius 3 is 2.21 bits per heavy atom. The van der Waals surface area contributed by atoms with Crippen molar-refractivity contribution >= 4 is 21.4 Å². The van der Waals surface area contributed by atoms with E-state index in [2.05, 4.69) is 5.32 Å². The number of sulfone groups is 1. The van der Waals surface area contributed by atoms with Crippen LogP contribution in [-0.2, 0) is 14.6 Å². The minimum atomic E-state index is -3.39. The van der Waals surface area contributed by atoms with E-state index in [9.17, 15) is 13.2 Å². The molecule has 1 amide bonds. The van der Waals surface area contributed by atoms with Gasteiger partial charge in [0.15, 0.2) is 9.84 Å². The van der Waals surface area contributed by atoms with E-state index in [0.717, 1.165) is 0 Å². The van der Waals surface area contributed by atoms with Crippen molar-refractivity contribution in [2.45, 2.75) is 31.7 Å². The highest BCUT2D eigenvalue weighted by atomic mass is 32.2. The molecular formula is C13H20N2O3S. The lowest BCUT2D eigenvalue weighted by atomic mass is 10.1. The lowest BCUT2D eigenvalue weighted by Gasteiger charge is -2.15. The third-order valence-electron chi connectivity index (χ3n) is 2.80. The average molecular weight is 284 g/mol. The van der Waals surface area contributed by atoms with Crippen LogP contribution in [0, 0.1) is 5.92 Å². The second kappa shape index (κ2) is 6.16.